The minimum atomic E-state index is -3.80. The lowest BCUT2D eigenvalue weighted by Gasteiger charge is -2.17. The first-order valence-corrected chi connectivity index (χ1v) is 17.8. The van der Waals surface area contributed by atoms with Crippen molar-refractivity contribution in [1.82, 2.24) is 19.5 Å². The second kappa shape index (κ2) is 18.5. The SMILES string of the molecule is C[C@H](Cn1cnc2c(N)ncnc21)OCP(=O)(O)OCCCSCCCCCCCCCCC#Cc1cccs1. The van der Waals surface area contributed by atoms with Crippen LogP contribution in [0.4, 0.5) is 5.82 Å². The molecule has 3 N–H and O–H groups in total. The van der Waals surface area contributed by atoms with Crippen LogP contribution in [0.3, 0.4) is 0 Å². The third-order valence-corrected chi connectivity index (χ3v) is 9.21. The Kier molecular flexibility index (Phi) is 15.1. The number of thiophene rings is 1. The summed E-state index contributed by atoms with van der Waals surface area (Å²) in [7, 11) is -3.80. The molecular weight excluding hydrogens is 565 g/mol. The van der Waals surface area contributed by atoms with E-state index < -0.39 is 7.60 Å². The lowest BCUT2D eigenvalue weighted by Crippen LogP contribution is -2.17. The minimum absolute atomic E-state index is 0.250. The van der Waals surface area contributed by atoms with E-state index in [4.69, 9.17) is 15.0 Å². The fourth-order valence-electron chi connectivity index (χ4n) is 4.07. The maximum absolute atomic E-state index is 12.3. The summed E-state index contributed by atoms with van der Waals surface area (Å²) < 4.78 is 24.9. The third kappa shape index (κ3) is 12.7. The van der Waals surface area contributed by atoms with Gasteiger partial charge in [0, 0.05) is 6.42 Å². The summed E-state index contributed by atoms with van der Waals surface area (Å²) in [6, 6.07) is 4.11. The average Bonchev–Trinajstić information content (AvgIpc) is 3.60. The molecule has 0 amide bonds. The van der Waals surface area contributed by atoms with Crippen molar-refractivity contribution in [3.05, 3.63) is 35.0 Å². The van der Waals surface area contributed by atoms with E-state index in [0.29, 0.717) is 23.5 Å². The first-order chi connectivity index (χ1) is 19.4. The van der Waals surface area contributed by atoms with Gasteiger partial charge in [0.05, 0.1) is 30.5 Å². The van der Waals surface area contributed by atoms with Crippen LogP contribution in [0.5, 0.6) is 0 Å². The number of anilines is 1. The molecule has 0 aromatic carbocycles. The molecule has 0 bridgehead atoms. The molecule has 3 aromatic heterocycles. The summed E-state index contributed by atoms with van der Waals surface area (Å²) in [6.07, 6.45) is 14.2. The van der Waals surface area contributed by atoms with Crippen molar-refractivity contribution in [2.45, 2.75) is 83.8 Å². The Morgan fingerprint density at radius 3 is 2.62 bits per heavy atom. The second-order valence-electron chi connectivity index (χ2n) is 9.73. The molecular formula is C28H42N5O4PS2. The van der Waals surface area contributed by atoms with Crippen molar-refractivity contribution in [3.63, 3.8) is 0 Å². The highest BCUT2D eigenvalue weighted by atomic mass is 32.2. The summed E-state index contributed by atoms with van der Waals surface area (Å²) in [6.45, 7) is 2.48. The van der Waals surface area contributed by atoms with Gasteiger partial charge in [-0.25, -0.2) is 15.0 Å². The fraction of sp³-hybridized carbons (Fsp3) is 0.607. The third-order valence-electron chi connectivity index (χ3n) is 6.20. The minimum Gasteiger partial charge on any atom is -0.382 e. The quantitative estimate of drug-likeness (QED) is 0.0818. The molecule has 0 radical (unpaired) electrons. The molecule has 3 heterocycles. The lowest BCUT2D eigenvalue weighted by atomic mass is 10.1. The summed E-state index contributed by atoms with van der Waals surface area (Å²) in [4.78, 5) is 23.6. The molecule has 0 fully saturated rings. The van der Waals surface area contributed by atoms with Gasteiger partial charge < -0.3 is 24.5 Å². The van der Waals surface area contributed by atoms with Crippen molar-refractivity contribution in [3.8, 4) is 11.8 Å². The zero-order valence-electron chi connectivity index (χ0n) is 23.4. The van der Waals surface area contributed by atoms with Gasteiger partial charge in [-0.05, 0) is 49.1 Å². The Balaban J connectivity index is 1.10. The maximum atomic E-state index is 12.3. The number of fused-ring (bicyclic) bond motifs is 1. The van der Waals surface area contributed by atoms with E-state index in [-0.39, 0.29) is 19.1 Å². The molecule has 1 unspecified atom stereocenters. The van der Waals surface area contributed by atoms with Gasteiger partial charge in [0.15, 0.2) is 11.5 Å². The van der Waals surface area contributed by atoms with E-state index in [9.17, 15) is 9.46 Å². The molecule has 3 rings (SSSR count). The van der Waals surface area contributed by atoms with Crippen LogP contribution >= 0.6 is 30.7 Å². The highest BCUT2D eigenvalue weighted by Crippen LogP contribution is 2.42. The van der Waals surface area contributed by atoms with Crippen molar-refractivity contribution < 1.29 is 18.7 Å². The molecule has 9 nitrogen and oxygen atoms in total. The van der Waals surface area contributed by atoms with Gasteiger partial charge in [0.25, 0.3) is 0 Å². The zero-order chi connectivity index (χ0) is 28.5. The van der Waals surface area contributed by atoms with Gasteiger partial charge in [0.2, 0.25) is 0 Å². The lowest BCUT2D eigenvalue weighted by molar-refractivity contribution is 0.0718. The molecule has 0 spiro atoms. The van der Waals surface area contributed by atoms with Crippen LogP contribution in [0.25, 0.3) is 11.2 Å². The largest absolute Gasteiger partial charge is 0.382 e. The molecule has 0 saturated carbocycles. The smallest absolute Gasteiger partial charge is 0.353 e. The van der Waals surface area contributed by atoms with E-state index in [2.05, 4.69) is 38.2 Å². The molecule has 40 heavy (non-hydrogen) atoms. The van der Waals surface area contributed by atoms with Gasteiger partial charge in [-0.2, -0.15) is 11.8 Å². The number of nitrogen functional groups attached to an aromatic ring is 1. The second-order valence-corrected chi connectivity index (χ2v) is 13.7. The molecule has 3 aromatic rings. The Bertz CT molecular complexity index is 1230. The number of hydrogen-bond acceptors (Lipinski definition) is 9. The molecule has 0 saturated heterocycles. The monoisotopic (exact) mass is 607 g/mol. The highest BCUT2D eigenvalue weighted by Gasteiger charge is 2.21. The van der Waals surface area contributed by atoms with E-state index >= 15 is 0 Å². The Morgan fingerprint density at radius 2 is 1.85 bits per heavy atom. The molecule has 0 aliphatic heterocycles. The first-order valence-electron chi connectivity index (χ1n) is 14.0. The zero-order valence-corrected chi connectivity index (χ0v) is 25.9. The number of rotatable bonds is 20. The van der Waals surface area contributed by atoms with Crippen molar-refractivity contribution >= 4 is 47.7 Å². The number of unbranched alkanes of at least 4 members (excludes halogenated alkanes) is 8. The van der Waals surface area contributed by atoms with E-state index in [1.54, 1.807) is 22.2 Å². The van der Waals surface area contributed by atoms with Crippen LogP contribution in [0.1, 0.15) is 76.0 Å². The van der Waals surface area contributed by atoms with Crippen molar-refractivity contribution in [2.24, 2.45) is 0 Å². The number of aromatic nitrogens is 4. The fourth-order valence-corrected chi connectivity index (χ4v) is 6.53. The summed E-state index contributed by atoms with van der Waals surface area (Å²) in [5.41, 5.74) is 6.93. The average molecular weight is 608 g/mol. The molecule has 220 valence electrons. The highest BCUT2D eigenvalue weighted by molar-refractivity contribution is 7.99. The number of imidazole rings is 1. The number of thioether (sulfide) groups is 1. The van der Waals surface area contributed by atoms with Gasteiger partial charge in [-0.1, -0.05) is 56.4 Å². The van der Waals surface area contributed by atoms with Crippen LogP contribution in [-0.2, 0) is 20.4 Å². The Morgan fingerprint density at radius 1 is 1.10 bits per heavy atom. The van der Waals surface area contributed by atoms with Crippen molar-refractivity contribution in [2.75, 3.05) is 30.2 Å². The molecule has 12 heteroatoms. The summed E-state index contributed by atoms with van der Waals surface area (Å²) >= 11 is 3.58. The summed E-state index contributed by atoms with van der Waals surface area (Å²) in [5.74, 6) is 8.85. The van der Waals surface area contributed by atoms with Crippen molar-refractivity contribution in [1.29, 1.82) is 0 Å². The first kappa shape index (κ1) is 32.6. The molecule has 0 aliphatic rings. The maximum Gasteiger partial charge on any atom is 0.353 e. The van der Waals surface area contributed by atoms with Crippen LogP contribution in [0, 0.1) is 11.8 Å². The van der Waals surface area contributed by atoms with Crippen LogP contribution < -0.4 is 5.73 Å². The number of ether oxygens (including phenoxy) is 1. The van der Waals surface area contributed by atoms with E-state index in [1.807, 2.05) is 24.8 Å². The predicted octanol–water partition coefficient (Wildman–Crippen LogP) is 6.72. The van der Waals surface area contributed by atoms with Crippen LogP contribution in [0.15, 0.2) is 30.2 Å². The van der Waals surface area contributed by atoms with Crippen LogP contribution in [0.2, 0.25) is 0 Å². The van der Waals surface area contributed by atoms with Gasteiger partial charge in [0.1, 0.15) is 18.2 Å². The Labute approximate surface area is 246 Å². The number of hydrogen-bond donors (Lipinski definition) is 2. The topological polar surface area (TPSA) is 125 Å². The standard InChI is InChI=1S/C28H42N5O4PS2/c1-24(20-33-22-32-26-27(29)30-21-31-28(26)33)36-23-38(34,35)37-16-13-18-39-17-11-9-7-5-3-2-4-6-8-10-14-25-15-12-19-40-25/h12,15,19,21-22,24H,2-9,11,13,16-18,20,23H2,1H3,(H,34,35)(H2,29,30,31)/t24-/m1/s1. The summed E-state index contributed by atoms with van der Waals surface area (Å²) in [5, 5.41) is 2.07. The normalized spacial score (nSPS) is 13.7. The van der Waals surface area contributed by atoms with E-state index in [0.717, 1.165) is 29.2 Å². The van der Waals surface area contributed by atoms with Gasteiger partial charge in [-0.15, -0.1) is 11.3 Å². The molecule has 0 aliphatic carbocycles. The predicted molar refractivity (Wildman–Crippen MR) is 166 cm³/mol. The number of nitrogens with zero attached hydrogens (tertiary/aromatic N) is 4. The Hall–Kier alpha value is -1.93. The van der Waals surface area contributed by atoms with Gasteiger partial charge in [-0.3, -0.25) is 4.57 Å². The van der Waals surface area contributed by atoms with Gasteiger partial charge >= 0.3 is 7.60 Å². The van der Waals surface area contributed by atoms with Crippen LogP contribution in [-0.4, -0.2) is 55.0 Å². The number of nitrogens with two attached hydrogens (primary N) is 1. The van der Waals surface area contributed by atoms with E-state index in [1.165, 1.54) is 57.7 Å². The molecule has 2 atom stereocenters.